The molecule has 2 aromatic rings. The van der Waals surface area contributed by atoms with Gasteiger partial charge in [0.2, 0.25) is 0 Å². The van der Waals surface area contributed by atoms with Crippen molar-refractivity contribution in [3.8, 4) is 11.1 Å². The second-order valence-corrected chi connectivity index (χ2v) is 6.30. The van der Waals surface area contributed by atoms with Gasteiger partial charge in [0.15, 0.2) is 11.1 Å². The van der Waals surface area contributed by atoms with Gasteiger partial charge in [0.05, 0.1) is 29.7 Å². The lowest BCUT2D eigenvalue weighted by atomic mass is 9.93. The summed E-state index contributed by atoms with van der Waals surface area (Å²) in [5.74, 6) is 0. The van der Waals surface area contributed by atoms with Gasteiger partial charge in [-0.1, -0.05) is 23.2 Å². The second kappa shape index (κ2) is 7.32. The van der Waals surface area contributed by atoms with E-state index in [1.165, 1.54) is 0 Å². The summed E-state index contributed by atoms with van der Waals surface area (Å²) < 4.78 is 0. The zero-order chi connectivity index (χ0) is 21.5. The summed E-state index contributed by atoms with van der Waals surface area (Å²) in [6, 6.07) is 1.49. The third-order valence-corrected chi connectivity index (χ3v) is 4.73. The first-order valence-corrected chi connectivity index (χ1v) is 7.89. The fourth-order valence-electron chi connectivity index (χ4n) is 2.68. The largest absolute Gasteiger partial charge is 0.289 e. The number of hydrogen-bond donors (Lipinski definition) is 0. The molecule has 0 saturated carbocycles. The molecule has 0 atom stereocenters. The van der Waals surface area contributed by atoms with Crippen LogP contribution in [0.4, 0.5) is 22.7 Å². The van der Waals surface area contributed by atoms with Crippen molar-refractivity contribution in [2.75, 3.05) is 0 Å². The first kappa shape index (κ1) is 20.9. The number of nitro groups is 4. The Kier molecular flexibility index (Phi) is 5.47. The van der Waals surface area contributed by atoms with Crippen LogP contribution in [0.5, 0.6) is 0 Å². The normalized spacial score (nSPS) is 10.6. The van der Waals surface area contributed by atoms with Gasteiger partial charge in [0.1, 0.15) is 0 Å². The van der Waals surface area contributed by atoms with Gasteiger partial charge in [-0.2, -0.15) is 0 Å². The Morgan fingerprint density at radius 1 is 0.643 bits per heavy atom. The Labute approximate surface area is 164 Å². The van der Waals surface area contributed by atoms with Crippen molar-refractivity contribution >= 4 is 46.0 Å². The predicted molar refractivity (Wildman–Crippen MR) is 98.0 cm³/mol. The molecule has 2 aromatic carbocycles. The average Bonchev–Trinajstić information content (AvgIpc) is 2.57. The highest BCUT2D eigenvalue weighted by Gasteiger charge is 2.41. The summed E-state index contributed by atoms with van der Waals surface area (Å²) >= 11 is 11.7. The Morgan fingerprint density at radius 3 is 1.14 bits per heavy atom. The molecule has 0 bridgehead atoms. The maximum Gasteiger partial charge on any atom is 0.289 e. The summed E-state index contributed by atoms with van der Waals surface area (Å²) in [6.45, 7) is 2.32. The first-order valence-electron chi connectivity index (χ1n) is 7.14. The number of rotatable bonds is 5. The molecule has 0 saturated heterocycles. The molecule has 0 unspecified atom stereocenters. The van der Waals surface area contributed by atoms with Gasteiger partial charge >= 0.3 is 0 Å². The second-order valence-electron chi connectivity index (χ2n) is 5.48. The summed E-state index contributed by atoms with van der Waals surface area (Å²) in [7, 11) is 0. The van der Waals surface area contributed by atoms with Crippen molar-refractivity contribution in [3.05, 3.63) is 73.8 Å². The third kappa shape index (κ3) is 3.30. The van der Waals surface area contributed by atoms with Gasteiger partial charge in [-0.15, -0.1) is 0 Å². The van der Waals surface area contributed by atoms with Crippen molar-refractivity contribution in [2.45, 2.75) is 13.8 Å². The molecule has 0 aliphatic rings. The molecule has 0 aliphatic heterocycles. The van der Waals surface area contributed by atoms with Gasteiger partial charge in [-0.25, -0.2) is 0 Å². The van der Waals surface area contributed by atoms with Crippen LogP contribution in [-0.2, 0) is 0 Å². The summed E-state index contributed by atoms with van der Waals surface area (Å²) in [6.07, 6.45) is 0. The van der Waals surface area contributed by atoms with Crippen LogP contribution < -0.4 is 0 Å². The van der Waals surface area contributed by atoms with Crippen molar-refractivity contribution in [3.63, 3.8) is 0 Å². The highest BCUT2D eigenvalue weighted by atomic mass is 35.5. The number of benzene rings is 2. The van der Waals surface area contributed by atoms with Crippen LogP contribution in [-0.4, -0.2) is 19.7 Å². The van der Waals surface area contributed by atoms with Crippen molar-refractivity contribution in [1.82, 2.24) is 0 Å². The lowest BCUT2D eigenvalue weighted by molar-refractivity contribution is -0.397. The highest BCUT2D eigenvalue weighted by Crippen LogP contribution is 2.51. The van der Waals surface area contributed by atoms with E-state index in [4.69, 9.17) is 23.2 Å². The minimum atomic E-state index is -1.06. The zero-order valence-electron chi connectivity index (χ0n) is 14.0. The summed E-state index contributed by atoms with van der Waals surface area (Å²) in [5.41, 5.74) is -6.17. The zero-order valence-corrected chi connectivity index (χ0v) is 15.5. The van der Waals surface area contributed by atoms with E-state index >= 15 is 0 Å². The SMILES string of the molecule is Cc1c(Cl)cc([N+](=O)[O-])c(-c2c([N+](=O)[O-])cc(Cl)c(C)c2[N+](=O)[O-])c1[N+](=O)[O-]. The van der Waals surface area contributed by atoms with E-state index < -0.39 is 53.6 Å². The van der Waals surface area contributed by atoms with Crippen molar-refractivity contribution < 1.29 is 19.7 Å². The third-order valence-electron chi connectivity index (χ3n) is 3.95. The fraction of sp³-hybridized carbons (Fsp3) is 0.143. The van der Waals surface area contributed by atoms with Crippen LogP contribution in [0.15, 0.2) is 12.1 Å². The highest BCUT2D eigenvalue weighted by molar-refractivity contribution is 6.33. The molecule has 0 radical (unpaired) electrons. The topological polar surface area (TPSA) is 173 Å². The van der Waals surface area contributed by atoms with Gasteiger partial charge in [-0.3, -0.25) is 40.5 Å². The van der Waals surface area contributed by atoms with Crippen LogP contribution in [0, 0.1) is 54.3 Å². The summed E-state index contributed by atoms with van der Waals surface area (Å²) in [4.78, 5) is 42.0. The van der Waals surface area contributed by atoms with Crippen LogP contribution in [0.2, 0.25) is 10.0 Å². The molecule has 12 nitrogen and oxygen atoms in total. The molecule has 0 spiro atoms. The molecular formula is C14H8Cl2N4O8. The minimum Gasteiger partial charge on any atom is -0.258 e. The Hall–Kier alpha value is -3.38. The molecule has 146 valence electrons. The standard InChI is InChI=1S/C14H8Cl2N4O8/c1-5-7(15)3-9(17(21)22)11(13(5)19(25)26)12-10(18(23)24)4-8(16)6(2)14(12)20(27)28/h3-4H,1-2H3. The Morgan fingerprint density at radius 2 is 0.929 bits per heavy atom. The number of hydrogen-bond acceptors (Lipinski definition) is 8. The monoisotopic (exact) mass is 430 g/mol. The first-order chi connectivity index (χ1) is 12.9. The van der Waals surface area contributed by atoms with Crippen molar-refractivity contribution in [1.29, 1.82) is 0 Å². The van der Waals surface area contributed by atoms with E-state index in [2.05, 4.69) is 0 Å². The van der Waals surface area contributed by atoms with E-state index in [1.54, 1.807) is 0 Å². The molecular weight excluding hydrogens is 423 g/mol. The molecule has 28 heavy (non-hydrogen) atoms. The Bertz CT molecular complexity index is 1000. The summed E-state index contributed by atoms with van der Waals surface area (Å²) in [5, 5.41) is 45.5. The maximum atomic E-state index is 11.6. The number of nitro benzene ring substituents is 4. The van der Waals surface area contributed by atoms with Gasteiger partial charge in [-0.05, 0) is 13.8 Å². The molecule has 14 heteroatoms. The lowest BCUT2D eigenvalue weighted by Gasteiger charge is -2.11. The molecule has 0 aromatic heterocycles. The van der Waals surface area contributed by atoms with Gasteiger partial charge in [0.25, 0.3) is 22.7 Å². The number of halogens is 2. The Balaban J connectivity index is 3.29. The minimum absolute atomic E-state index is 0.247. The smallest absolute Gasteiger partial charge is 0.258 e. The van der Waals surface area contributed by atoms with Crippen LogP contribution >= 0.6 is 23.2 Å². The van der Waals surface area contributed by atoms with E-state index in [0.717, 1.165) is 26.0 Å². The van der Waals surface area contributed by atoms with E-state index in [1.807, 2.05) is 0 Å². The quantitative estimate of drug-likeness (QED) is 0.474. The molecule has 0 aliphatic carbocycles. The van der Waals surface area contributed by atoms with E-state index in [0.29, 0.717) is 0 Å². The van der Waals surface area contributed by atoms with Gasteiger partial charge in [0, 0.05) is 23.3 Å². The molecule has 0 amide bonds. The van der Waals surface area contributed by atoms with Crippen molar-refractivity contribution in [2.24, 2.45) is 0 Å². The lowest BCUT2D eigenvalue weighted by Crippen LogP contribution is -2.06. The molecule has 0 fully saturated rings. The van der Waals surface area contributed by atoms with E-state index in [9.17, 15) is 40.5 Å². The molecule has 0 heterocycles. The van der Waals surface area contributed by atoms with Crippen LogP contribution in [0.3, 0.4) is 0 Å². The van der Waals surface area contributed by atoms with Crippen LogP contribution in [0.25, 0.3) is 11.1 Å². The molecule has 2 rings (SSSR count). The fourth-order valence-corrected chi connectivity index (χ4v) is 3.07. The number of nitrogens with zero attached hydrogens (tertiary/aromatic N) is 4. The van der Waals surface area contributed by atoms with E-state index in [-0.39, 0.29) is 21.2 Å². The van der Waals surface area contributed by atoms with Crippen LogP contribution in [0.1, 0.15) is 11.1 Å². The predicted octanol–water partition coefficient (Wildman–Crippen LogP) is 4.91. The average molecular weight is 431 g/mol. The van der Waals surface area contributed by atoms with Gasteiger partial charge < -0.3 is 0 Å². The maximum absolute atomic E-state index is 11.6. The molecule has 0 N–H and O–H groups in total.